The third-order valence-electron chi connectivity index (χ3n) is 3.06. The van der Waals surface area contributed by atoms with E-state index in [0.29, 0.717) is 0 Å². The van der Waals surface area contributed by atoms with Gasteiger partial charge in [-0.2, -0.15) is 0 Å². The second-order valence-electron chi connectivity index (χ2n) is 4.36. The van der Waals surface area contributed by atoms with Crippen molar-refractivity contribution in [1.82, 2.24) is 4.98 Å². The number of benzene rings is 2. The van der Waals surface area contributed by atoms with Gasteiger partial charge in [-0.1, -0.05) is 30.0 Å². The highest BCUT2D eigenvalue weighted by Gasteiger charge is 1.98. The second kappa shape index (κ2) is 5.46. The molecule has 20 heavy (non-hydrogen) atoms. The number of hydrogen-bond acceptors (Lipinski definition) is 2. The van der Waals surface area contributed by atoms with Crippen LogP contribution >= 0.6 is 0 Å². The molecule has 0 aliphatic carbocycles. The van der Waals surface area contributed by atoms with Crippen LogP contribution in [0.15, 0.2) is 60.8 Å². The molecule has 3 rings (SSSR count). The number of fused-ring (bicyclic) bond motifs is 1. The Kier molecular flexibility index (Phi) is 3.34. The van der Waals surface area contributed by atoms with Crippen LogP contribution in [0.2, 0.25) is 0 Å². The third-order valence-corrected chi connectivity index (χ3v) is 3.06. The van der Waals surface area contributed by atoms with Crippen LogP contribution in [0.3, 0.4) is 0 Å². The number of aromatic nitrogens is 1. The van der Waals surface area contributed by atoms with Gasteiger partial charge < -0.3 is 4.74 Å². The summed E-state index contributed by atoms with van der Waals surface area (Å²) in [5.74, 6) is 7.18. The minimum absolute atomic E-state index is 0.836. The van der Waals surface area contributed by atoms with Crippen molar-refractivity contribution in [2.75, 3.05) is 7.11 Å². The molecule has 0 aliphatic rings. The van der Waals surface area contributed by atoms with Gasteiger partial charge in [0.15, 0.2) is 0 Å². The molecule has 0 bridgehead atoms. The van der Waals surface area contributed by atoms with Gasteiger partial charge in [0.1, 0.15) is 5.75 Å². The topological polar surface area (TPSA) is 22.1 Å². The molecule has 0 N–H and O–H groups in total. The van der Waals surface area contributed by atoms with Crippen LogP contribution in [0.25, 0.3) is 10.9 Å². The van der Waals surface area contributed by atoms with Crippen LogP contribution in [-0.4, -0.2) is 12.1 Å². The SMILES string of the molecule is COc1ccc(C#Cc2cccc3cccnc23)cc1. The summed E-state index contributed by atoms with van der Waals surface area (Å²) >= 11 is 0. The van der Waals surface area contributed by atoms with Gasteiger partial charge in [-0.05, 0) is 36.4 Å². The summed E-state index contributed by atoms with van der Waals surface area (Å²) in [5.41, 5.74) is 2.84. The van der Waals surface area contributed by atoms with Crippen LogP contribution in [0.4, 0.5) is 0 Å². The molecule has 96 valence electrons. The number of ether oxygens (including phenoxy) is 1. The van der Waals surface area contributed by atoms with Crippen molar-refractivity contribution >= 4 is 10.9 Å². The van der Waals surface area contributed by atoms with Crippen LogP contribution in [0.5, 0.6) is 5.75 Å². The van der Waals surface area contributed by atoms with E-state index in [2.05, 4.69) is 16.8 Å². The first-order valence-electron chi connectivity index (χ1n) is 6.36. The molecule has 0 saturated heterocycles. The minimum Gasteiger partial charge on any atom is -0.497 e. The average Bonchev–Trinajstić information content (AvgIpc) is 2.53. The van der Waals surface area contributed by atoms with E-state index in [-0.39, 0.29) is 0 Å². The molecule has 2 aromatic carbocycles. The van der Waals surface area contributed by atoms with E-state index >= 15 is 0 Å². The number of hydrogen-bond donors (Lipinski definition) is 0. The first-order chi connectivity index (χ1) is 9.86. The van der Waals surface area contributed by atoms with Crippen molar-refractivity contribution in [3.8, 4) is 17.6 Å². The fourth-order valence-corrected chi connectivity index (χ4v) is 2.02. The fraction of sp³-hybridized carbons (Fsp3) is 0.0556. The van der Waals surface area contributed by atoms with Gasteiger partial charge >= 0.3 is 0 Å². The van der Waals surface area contributed by atoms with Crippen molar-refractivity contribution in [1.29, 1.82) is 0 Å². The van der Waals surface area contributed by atoms with Gasteiger partial charge in [0.05, 0.1) is 18.2 Å². The Balaban J connectivity index is 1.99. The van der Waals surface area contributed by atoms with Crippen LogP contribution < -0.4 is 4.74 Å². The molecule has 0 amide bonds. The minimum atomic E-state index is 0.836. The van der Waals surface area contributed by atoms with Gasteiger partial charge in [0.2, 0.25) is 0 Å². The molecular weight excluding hydrogens is 246 g/mol. The number of methoxy groups -OCH3 is 1. The van der Waals surface area contributed by atoms with Crippen LogP contribution in [0, 0.1) is 11.8 Å². The molecule has 1 aromatic heterocycles. The maximum atomic E-state index is 5.13. The maximum absolute atomic E-state index is 5.13. The zero-order valence-electron chi connectivity index (χ0n) is 11.1. The zero-order chi connectivity index (χ0) is 13.8. The average molecular weight is 259 g/mol. The Morgan fingerprint density at radius 2 is 1.70 bits per heavy atom. The summed E-state index contributed by atoms with van der Waals surface area (Å²) in [6.07, 6.45) is 1.79. The molecule has 1 heterocycles. The van der Waals surface area contributed by atoms with Gasteiger partial charge in [0, 0.05) is 17.1 Å². The summed E-state index contributed by atoms with van der Waals surface area (Å²) in [5, 5.41) is 1.11. The Morgan fingerprint density at radius 1 is 0.900 bits per heavy atom. The molecule has 0 aliphatic heterocycles. The van der Waals surface area contributed by atoms with E-state index in [9.17, 15) is 0 Å². The summed E-state index contributed by atoms with van der Waals surface area (Å²) < 4.78 is 5.13. The van der Waals surface area contributed by atoms with Gasteiger partial charge in [0.25, 0.3) is 0 Å². The van der Waals surface area contributed by atoms with Crippen molar-refractivity contribution in [3.05, 3.63) is 71.9 Å². The van der Waals surface area contributed by atoms with Crippen molar-refractivity contribution in [2.45, 2.75) is 0 Å². The number of pyridine rings is 1. The van der Waals surface area contributed by atoms with E-state index in [1.54, 1.807) is 13.3 Å². The van der Waals surface area contributed by atoms with Crippen molar-refractivity contribution in [2.24, 2.45) is 0 Å². The predicted octanol–water partition coefficient (Wildman–Crippen LogP) is 3.64. The standard InChI is InChI=1S/C18H13NO/c1-20-17-11-8-14(9-12-17)7-10-16-5-2-4-15-6-3-13-19-18(15)16/h2-6,8-9,11-13H,1H3. The van der Waals surface area contributed by atoms with Crippen LogP contribution in [0.1, 0.15) is 11.1 Å². The highest BCUT2D eigenvalue weighted by molar-refractivity contribution is 5.84. The quantitative estimate of drug-likeness (QED) is 0.622. The molecule has 3 aromatic rings. The molecule has 2 heteroatoms. The lowest BCUT2D eigenvalue weighted by molar-refractivity contribution is 0.415. The lowest BCUT2D eigenvalue weighted by Crippen LogP contribution is -1.84. The smallest absolute Gasteiger partial charge is 0.118 e. The van der Waals surface area contributed by atoms with E-state index in [0.717, 1.165) is 27.8 Å². The fourth-order valence-electron chi connectivity index (χ4n) is 2.02. The van der Waals surface area contributed by atoms with Gasteiger partial charge in [-0.3, -0.25) is 4.98 Å². The molecule has 0 fully saturated rings. The number of nitrogens with zero attached hydrogens (tertiary/aromatic N) is 1. The molecular formula is C18H13NO. The van der Waals surface area contributed by atoms with Gasteiger partial charge in [-0.25, -0.2) is 0 Å². The Hall–Kier alpha value is -2.79. The van der Waals surface area contributed by atoms with Crippen LogP contribution in [-0.2, 0) is 0 Å². The molecule has 2 nitrogen and oxygen atoms in total. The lowest BCUT2D eigenvalue weighted by Gasteiger charge is -1.99. The second-order valence-corrected chi connectivity index (χ2v) is 4.36. The first-order valence-corrected chi connectivity index (χ1v) is 6.36. The highest BCUT2D eigenvalue weighted by atomic mass is 16.5. The maximum Gasteiger partial charge on any atom is 0.118 e. The Morgan fingerprint density at radius 3 is 2.50 bits per heavy atom. The van der Waals surface area contributed by atoms with Crippen molar-refractivity contribution < 1.29 is 4.74 Å². The number of rotatable bonds is 1. The number of para-hydroxylation sites is 1. The summed E-state index contributed by atoms with van der Waals surface area (Å²) in [7, 11) is 1.66. The highest BCUT2D eigenvalue weighted by Crippen LogP contribution is 2.15. The monoisotopic (exact) mass is 259 g/mol. The zero-order valence-corrected chi connectivity index (χ0v) is 11.1. The summed E-state index contributed by atoms with van der Waals surface area (Å²) in [6.45, 7) is 0. The largest absolute Gasteiger partial charge is 0.497 e. The summed E-state index contributed by atoms with van der Waals surface area (Å²) in [6, 6.07) is 17.7. The molecule has 0 radical (unpaired) electrons. The van der Waals surface area contributed by atoms with E-state index in [1.165, 1.54) is 0 Å². The molecule has 0 spiro atoms. The molecule has 0 unspecified atom stereocenters. The third kappa shape index (κ3) is 2.48. The van der Waals surface area contributed by atoms with E-state index < -0.39 is 0 Å². The van der Waals surface area contributed by atoms with E-state index in [1.807, 2.05) is 54.6 Å². The molecule has 0 saturated carbocycles. The Labute approximate surface area is 118 Å². The molecule has 0 atom stereocenters. The van der Waals surface area contributed by atoms with E-state index in [4.69, 9.17) is 4.74 Å². The summed E-state index contributed by atoms with van der Waals surface area (Å²) in [4.78, 5) is 4.40. The predicted molar refractivity (Wildman–Crippen MR) is 80.7 cm³/mol. The Bertz CT molecular complexity index is 790. The normalized spacial score (nSPS) is 9.85. The van der Waals surface area contributed by atoms with Gasteiger partial charge in [-0.15, -0.1) is 0 Å². The lowest BCUT2D eigenvalue weighted by atomic mass is 10.1. The first kappa shape index (κ1) is 12.3. The van der Waals surface area contributed by atoms with Crippen molar-refractivity contribution in [3.63, 3.8) is 0 Å².